The number of pyridine rings is 1. The Kier molecular flexibility index (Phi) is 5.95. The van der Waals surface area contributed by atoms with Gasteiger partial charge in [0.25, 0.3) is 5.91 Å². The first-order valence-electron chi connectivity index (χ1n) is 11.1. The van der Waals surface area contributed by atoms with Crippen LogP contribution in [0.5, 0.6) is 5.75 Å². The van der Waals surface area contributed by atoms with Gasteiger partial charge >= 0.3 is 0 Å². The van der Waals surface area contributed by atoms with Gasteiger partial charge in [-0.05, 0) is 61.0 Å². The van der Waals surface area contributed by atoms with Crippen molar-refractivity contribution in [3.63, 3.8) is 0 Å². The van der Waals surface area contributed by atoms with Crippen LogP contribution in [0.15, 0.2) is 73.1 Å². The number of anilines is 2. The van der Waals surface area contributed by atoms with E-state index >= 15 is 0 Å². The maximum absolute atomic E-state index is 12.8. The van der Waals surface area contributed by atoms with E-state index in [9.17, 15) is 4.79 Å². The summed E-state index contributed by atoms with van der Waals surface area (Å²) in [6, 6.07) is 19.1. The van der Waals surface area contributed by atoms with Crippen molar-refractivity contribution in [1.82, 2.24) is 9.38 Å². The molecule has 4 aromatic rings. The van der Waals surface area contributed by atoms with E-state index in [0.717, 1.165) is 49.0 Å². The highest BCUT2D eigenvalue weighted by atomic mass is 16.5. The summed E-state index contributed by atoms with van der Waals surface area (Å²) in [5, 5.41) is 2.96. The fraction of sp³-hybridized carbons (Fsp3) is 0.231. The number of hydrogen-bond acceptors (Lipinski definition) is 5. The zero-order valence-corrected chi connectivity index (χ0v) is 18.5. The summed E-state index contributed by atoms with van der Waals surface area (Å²) in [7, 11) is 0. The average Bonchev–Trinajstić information content (AvgIpc) is 3.26. The number of fused-ring (bicyclic) bond motifs is 1. The minimum Gasteiger partial charge on any atom is -0.487 e. The van der Waals surface area contributed by atoms with E-state index < -0.39 is 0 Å². The van der Waals surface area contributed by atoms with Crippen molar-refractivity contribution in [3.05, 3.63) is 89.9 Å². The number of nitrogens with zero attached hydrogens (tertiary/aromatic N) is 3. The fourth-order valence-corrected chi connectivity index (χ4v) is 3.89. The molecule has 1 amide bonds. The first kappa shape index (κ1) is 21.0. The Hall–Kier alpha value is -3.84. The molecule has 0 aliphatic carbocycles. The summed E-state index contributed by atoms with van der Waals surface area (Å²) in [4.78, 5) is 19.6. The third-order valence-corrected chi connectivity index (χ3v) is 5.63. The smallest absolute Gasteiger partial charge is 0.255 e. The maximum Gasteiger partial charge on any atom is 0.255 e. The molecule has 1 aliphatic heterocycles. The minimum absolute atomic E-state index is 0.178. The molecule has 5 rings (SSSR count). The molecule has 33 heavy (non-hydrogen) atoms. The molecule has 7 heteroatoms. The third kappa shape index (κ3) is 4.99. The Morgan fingerprint density at radius 2 is 1.88 bits per heavy atom. The van der Waals surface area contributed by atoms with E-state index in [-0.39, 0.29) is 5.91 Å². The second-order valence-electron chi connectivity index (χ2n) is 8.12. The first-order chi connectivity index (χ1) is 16.1. The Bertz CT molecular complexity index is 1260. The van der Waals surface area contributed by atoms with Crippen molar-refractivity contribution >= 4 is 22.9 Å². The average molecular weight is 443 g/mol. The molecular formula is C26H26N4O3. The highest BCUT2D eigenvalue weighted by Gasteiger charge is 2.12. The minimum atomic E-state index is -0.178. The van der Waals surface area contributed by atoms with Gasteiger partial charge in [-0.2, -0.15) is 0 Å². The van der Waals surface area contributed by atoms with Crippen LogP contribution in [0.2, 0.25) is 0 Å². The van der Waals surface area contributed by atoms with Crippen LogP contribution in [0, 0.1) is 6.92 Å². The Morgan fingerprint density at radius 1 is 1.06 bits per heavy atom. The number of aromatic nitrogens is 2. The molecule has 1 aliphatic rings. The Balaban J connectivity index is 1.21. The van der Waals surface area contributed by atoms with E-state index in [2.05, 4.69) is 15.2 Å². The van der Waals surface area contributed by atoms with Gasteiger partial charge in [0.05, 0.1) is 18.9 Å². The maximum atomic E-state index is 12.8. The van der Waals surface area contributed by atoms with Crippen LogP contribution in [0.1, 0.15) is 21.6 Å². The summed E-state index contributed by atoms with van der Waals surface area (Å²) in [6.45, 7) is 5.63. The third-order valence-electron chi connectivity index (χ3n) is 5.63. The van der Waals surface area contributed by atoms with Crippen LogP contribution in [0.4, 0.5) is 11.4 Å². The van der Waals surface area contributed by atoms with Crippen LogP contribution >= 0.6 is 0 Å². The number of ether oxygens (including phenoxy) is 2. The summed E-state index contributed by atoms with van der Waals surface area (Å²) in [6.07, 6.45) is 3.99. The van der Waals surface area contributed by atoms with Gasteiger partial charge in [-0.3, -0.25) is 4.79 Å². The molecule has 1 saturated heterocycles. The number of imidazole rings is 1. The van der Waals surface area contributed by atoms with E-state index in [4.69, 9.17) is 9.47 Å². The fourth-order valence-electron chi connectivity index (χ4n) is 3.89. The number of nitrogens with one attached hydrogen (secondary N) is 1. The lowest BCUT2D eigenvalue weighted by atomic mass is 10.2. The van der Waals surface area contributed by atoms with Crippen LogP contribution in [-0.2, 0) is 11.3 Å². The molecule has 0 unspecified atom stereocenters. The van der Waals surface area contributed by atoms with E-state index in [1.54, 1.807) is 12.1 Å². The van der Waals surface area contributed by atoms with Crippen molar-refractivity contribution in [2.45, 2.75) is 13.5 Å². The van der Waals surface area contributed by atoms with Crippen molar-refractivity contribution in [1.29, 1.82) is 0 Å². The standard InChI is InChI=1S/C26H26N4O3/c1-19-5-10-25-27-22(17-30(25)16-19)18-33-24-4-2-3-20(15-24)26(31)28-21-6-8-23(9-7-21)29-11-13-32-14-12-29/h2-10,15-17H,11-14,18H2,1H3,(H,28,31). The normalized spacial score (nSPS) is 13.8. The molecule has 0 radical (unpaired) electrons. The Labute approximate surface area is 192 Å². The van der Waals surface area contributed by atoms with Crippen LogP contribution < -0.4 is 15.0 Å². The van der Waals surface area contributed by atoms with Gasteiger partial charge in [-0.15, -0.1) is 0 Å². The summed E-state index contributed by atoms with van der Waals surface area (Å²) >= 11 is 0. The molecule has 0 spiro atoms. The monoisotopic (exact) mass is 442 g/mol. The highest BCUT2D eigenvalue weighted by molar-refractivity contribution is 6.04. The predicted octanol–water partition coefficient (Wildman–Crippen LogP) is 4.31. The topological polar surface area (TPSA) is 68.1 Å². The van der Waals surface area contributed by atoms with Crippen LogP contribution in [-0.4, -0.2) is 41.6 Å². The van der Waals surface area contributed by atoms with Gasteiger partial charge < -0.3 is 24.1 Å². The number of benzene rings is 2. The highest BCUT2D eigenvalue weighted by Crippen LogP contribution is 2.21. The van der Waals surface area contributed by atoms with Gasteiger partial charge in [-0.1, -0.05) is 12.1 Å². The zero-order chi connectivity index (χ0) is 22.6. The zero-order valence-electron chi connectivity index (χ0n) is 18.5. The SMILES string of the molecule is Cc1ccc2nc(COc3cccc(C(=O)Nc4ccc(N5CCOCC5)cc4)c3)cn2c1. The van der Waals surface area contributed by atoms with E-state index in [1.165, 1.54) is 5.56 Å². The molecule has 7 nitrogen and oxygen atoms in total. The predicted molar refractivity (Wildman–Crippen MR) is 128 cm³/mol. The van der Waals surface area contributed by atoms with Gasteiger partial charge in [0.1, 0.15) is 18.0 Å². The number of morpholine rings is 1. The molecule has 0 bridgehead atoms. The van der Waals surface area contributed by atoms with Crippen molar-refractivity contribution < 1.29 is 14.3 Å². The van der Waals surface area contributed by atoms with Gasteiger partial charge in [-0.25, -0.2) is 4.98 Å². The van der Waals surface area contributed by atoms with Gasteiger partial charge in [0, 0.05) is 42.4 Å². The summed E-state index contributed by atoms with van der Waals surface area (Å²) in [5.74, 6) is 0.446. The molecule has 1 fully saturated rings. The van der Waals surface area contributed by atoms with Crippen molar-refractivity contribution in [2.24, 2.45) is 0 Å². The van der Waals surface area contributed by atoms with Gasteiger partial charge in [0.15, 0.2) is 0 Å². The quantitative estimate of drug-likeness (QED) is 0.482. The molecule has 0 saturated carbocycles. The lowest BCUT2D eigenvalue weighted by Crippen LogP contribution is -2.36. The second-order valence-corrected chi connectivity index (χ2v) is 8.12. The molecule has 168 valence electrons. The largest absolute Gasteiger partial charge is 0.487 e. The summed E-state index contributed by atoms with van der Waals surface area (Å²) in [5.41, 5.74) is 5.30. The summed E-state index contributed by atoms with van der Waals surface area (Å²) < 4.78 is 13.3. The molecule has 2 aromatic heterocycles. The number of rotatable bonds is 6. The number of aryl methyl sites for hydroxylation is 1. The lowest BCUT2D eigenvalue weighted by Gasteiger charge is -2.28. The number of carbonyl (C=O) groups excluding carboxylic acids is 1. The number of carbonyl (C=O) groups is 1. The van der Waals surface area contributed by atoms with Crippen molar-refractivity contribution in [2.75, 3.05) is 36.5 Å². The van der Waals surface area contributed by atoms with Crippen molar-refractivity contribution in [3.8, 4) is 5.75 Å². The molecule has 1 N–H and O–H groups in total. The number of hydrogen-bond donors (Lipinski definition) is 1. The van der Waals surface area contributed by atoms with Crippen LogP contribution in [0.3, 0.4) is 0 Å². The van der Waals surface area contributed by atoms with E-state index in [1.807, 2.05) is 72.2 Å². The second kappa shape index (κ2) is 9.34. The van der Waals surface area contributed by atoms with Crippen LogP contribution in [0.25, 0.3) is 5.65 Å². The van der Waals surface area contributed by atoms with Gasteiger partial charge in [0.2, 0.25) is 0 Å². The van der Waals surface area contributed by atoms with E-state index in [0.29, 0.717) is 17.9 Å². The Morgan fingerprint density at radius 3 is 2.70 bits per heavy atom. The molecule has 0 atom stereocenters. The first-order valence-corrected chi connectivity index (χ1v) is 11.1. The molecule has 2 aromatic carbocycles. The number of amides is 1. The lowest BCUT2D eigenvalue weighted by molar-refractivity contribution is 0.102. The molecular weight excluding hydrogens is 416 g/mol. The molecule has 3 heterocycles.